The maximum atomic E-state index is 13.1. The highest BCUT2D eigenvalue weighted by Crippen LogP contribution is 2.37. The van der Waals surface area contributed by atoms with E-state index >= 15 is 0 Å². The molecule has 0 atom stereocenters. The SMILES string of the molecule is CCSc1nnc(NC(=O)CN(c2ccc(Cl)c(C(F)(F)F)c2)S(C)(=O)=O)s1. The zero-order chi connectivity index (χ0) is 21.1. The van der Waals surface area contributed by atoms with E-state index in [2.05, 4.69) is 15.5 Å². The Balaban J connectivity index is 2.26. The van der Waals surface area contributed by atoms with Gasteiger partial charge >= 0.3 is 6.18 Å². The quantitative estimate of drug-likeness (QED) is 0.485. The molecule has 1 amide bonds. The number of thioether (sulfide) groups is 1. The lowest BCUT2D eigenvalue weighted by Crippen LogP contribution is -2.37. The van der Waals surface area contributed by atoms with Crippen LogP contribution in [0.25, 0.3) is 0 Å². The number of carbonyl (C=O) groups excluding carboxylic acids is 1. The minimum Gasteiger partial charge on any atom is -0.299 e. The predicted octanol–water partition coefficient (Wildman–Crippen LogP) is 3.73. The van der Waals surface area contributed by atoms with Crippen molar-refractivity contribution in [3.63, 3.8) is 0 Å². The lowest BCUT2D eigenvalue weighted by Gasteiger charge is -2.23. The summed E-state index contributed by atoms with van der Waals surface area (Å²) in [7, 11) is -4.06. The van der Waals surface area contributed by atoms with Gasteiger partial charge in [-0.2, -0.15) is 13.2 Å². The van der Waals surface area contributed by atoms with Gasteiger partial charge in [-0.15, -0.1) is 10.2 Å². The summed E-state index contributed by atoms with van der Waals surface area (Å²) in [6, 6.07) is 2.60. The first-order valence-corrected chi connectivity index (χ1v) is 11.5. The van der Waals surface area contributed by atoms with Crippen molar-refractivity contribution in [2.24, 2.45) is 0 Å². The van der Waals surface area contributed by atoms with E-state index in [1.807, 2.05) is 6.92 Å². The van der Waals surface area contributed by atoms with Crippen LogP contribution in [0.2, 0.25) is 5.02 Å². The number of rotatable bonds is 7. The molecule has 1 N–H and O–H groups in total. The summed E-state index contributed by atoms with van der Waals surface area (Å²) in [5.74, 6) is -0.0270. The third-order valence-electron chi connectivity index (χ3n) is 3.15. The summed E-state index contributed by atoms with van der Waals surface area (Å²) in [6.45, 7) is 1.17. The molecule has 0 spiro atoms. The number of halogens is 4. The molecule has 7 nitrogen and oxygen atoms in total. The number of sulfonamides is 1. The van der Waals surface area contributed by atoms with E-state index in [-0.39, 0.29) is 10.8 Å². The zero-order valence-electron chi connectivity index (χ0n) is 14.4. The van der Waals surface area contributed by atoms with Gasteiger partial charge in [-0.25, -0.2) is 8.42 Å². The molecule has 1 aromatic heterocycles. The maximum absolute atomic E-state index is 13.1. The Morgan fingerprint density at radius 1 is 1.36 bits per heavy atom. The molecule has 0 aliphatic rings. The molecular weight excluding hydrogens is 461 g/mol. The number of nitrogens with one attached hydrogen (secondary N) is 1. The molecule has 0 aliphatic heterocycles. The van der Waals surface area contributed by atoms with Crippen LogP contribution in [0.15, 0.2) is 22.5 Å². The van der Waals surface area contributed by atoms with Gasteiger partial charge in [0.15, 0.2) is 4.34 Å². The molecule has 0 aliphatic carbocycles. The zero-order valence-corrected chi connectivity index (χ0v) is 17.7. The molecule has 14 heteroatoms. The summed E-state index contributed by atoms with van der Waals surface area (Å²) in [5, 5.41) is 9.56. The molecule has 0 saturated carbocycles. The average molecular weight is 475 g/mol. The van der Waals surface area contributed by atoms with Crippen LogP contribution >= 0.6 is 34.7 Å². The summed E-state index contributed by atoms with van der Waals surface area (Å²) < 4.78 is 64.5. The fourth-order valence-electron chi connectivity index (χ4n) is 2.02. The van der Waals surface area contributed by atoms with Crippen LogP contribution < -0.4 is 9.62 Å². The highest BCUT2D eigenvalue weighted by Gasteiger charge is 2.34. The molecule has 2 aromatic rings. The largest absolute Gasteiger partial charge is 0.417 e. The number of carbonyl (C=O) groups is 1. The lowest BCUT2D eigenvalue weighted by atomic mass is 10.2. The minimum absolute atomic E-state index is 0.154. The van der Waals surface area contributed by atoms with Crippen molar-refractivity contribution in [1.82, 2.24) is 10.2 Å². The van der Waals surface area contributed by atoms with Gasteiger partial charge in [-0.1, -0.05) is 41.6 Å². The Kier molecular flexibility index (Phi) is 7.17. The topological polar surface area (TPSA) is 92.3 Å². The van der Waals surface area contributed by atoms with Gasteiger partial charge in [0.25, 0.3) is 0 Å². The fraction of sp³-hybridized carbons (Fsp3) is 0.357. The summed E-state index contributed by atoms with van der Waals surface area (Å²) in [6.07, 6.45) is -4.00. The van der Waals surface area contributed by atoms with E-state index in [1.165, 1.54) is 11.8 Å². The van der Waals surface area contributed by atoms with E-state index in [4.69, 9.17) is 11.6 Å². The first kappa shape index (κ1) is 22.7. The number of aromatic nitrogens is 2. The van der Waals surface area contributed by atoms with E-state index in [0.29, 0.717) is 14.7 Å². The highest BCUT2D eigenvalue weighted by molar-refractivity contribution is 8.01. The monoisotopic (exact) mass is 474 g/mol. The minimum atomic E-state index is -4.78. The maximum Gasteiger partial charge on any atom is 0.417 e. The number of hydrogen-bond acceptors (Lipinski definition) is 7. The smallest absolute Gasteiger partial charge is 0.299 e. The number of benzene rings is 1. The van der Waals surface area contributed by atoms with Crippen LogP contribution in [-0.2, 0) is 21.0 Å². The molecule has 154 valence electrons. The number of amides is 1. The van der Waals surface area contributed by atoms with E-state index in [9.17, 15) is 26.4 Å². The van der Waals surface area contributed by atoms with Crippen molar-refractivity contribution in [1.29, 1.82) is 0 Å². The molecule has 28 heavy (non-hydrogen) atoms. The van der Waals surface area contributed by atoms with Crippen LogP contribution in [0.5, 0.6) is 0 Å². The number of alkyl halides is 3. The van der Waals surface area contributed by atoms with Crippen molar-refractivity contribution in [2.45, 2.75) is 17.4 Å². The van der Waals surface area contributed by atoms with E-state index in [1.54, 1.807) is 0 Å². The van der Waals surface area contributed by atoms with Crippen LogP contribution in [-0.4, -0.2) is 43.1 Å². The standard InChI is InChI=1S/C14H14ClF3N4O3S3/c1-3-26-13-21-20-12(27-13)19-11(23)7-22(28(2,24)25)8-4-5-10(15)9(6-8)14(16,17)18/h4-6H,3,7H2,1-2H3,(H,19,20,23). The molecule has 0 unspecified atom stereocenters. The molecule has 1 heterocycles. The van der Waals surface area contributed by atoms with Crippen molar-refractivity contribution < 1.29 is 26.4 Å². The number of nitrogens with zero attached hydrogens (tertiary/aromatic N) is 3. The predicted molar refractivity (Wildman–Crippen MR) is 104 cm³/mol. The summed E-state index contributed by atoms with van der Waals surface area (Å²) in [4.78, 5) is 12.2. The van der Waals surface area contributed by atoms with E-state index in [0.717, 1.165) is 35.5 Å². The van der Waals surface area contributed by atoms with Crippen LogP contribution in [0.1, 0.15) is 12.5 Å². The Morgan fingerprint density at radius 3 is 2.61 bits per heavy atom. The molecule has 1 aromatic carbocycles. The first-order valence-electron chi connectivity index (χ1n) is 7.52. The van der Waals surface area contributed by atoms with Gasteiger partial charge in [0, 0.05) is 0 Å². The van der Waals surface area contributed by atoms with Crippen molar-refractivity contribution in [3.05, 3.63) is 28.8 Å². The fourth-order valence-corrected chi connectivity index (χ4v) is 4.76. The second-order valence-electron chi connectivity index (χ2n) is 5.29. The molecule has 0 bridgehead atoms. The Morgan fingerprint density at radius 2 is 2.04 bits per heavy atom. The highest BCUT2D eigenvalue weighted by atomic mass is 35.5. The van der Waals surface area contributed by atoms with Gasteiger partial charge in [0.05, 0.1) is 22.5 Å². The third kappa shape index (κ3) is 5.96. The third-order valence-corrected chi connectivity index (χ3v) is 6.48. The second kappa shape index (κ2) is 8.84. The molecule has 0 fully saturated rings. The molecule has 0 radical (unpaired) electrons. The Hall–Kier alpha value is -1.57. The van der Waals surface area contributed by atoms with E-state index < -0.39 is 39.2 Å². The van der Waals surface area contributed by atoms with Gasteiger partial charge in [-0.05, 0) is 24.0 Å². The Labute approximate surface area is 172 Å². The van der Waals surface area contributed by atoms with Crippen molar-refractivity contribution in [3.8, 4) is 0 Å². The van der Waals surface area contributed by atoms with Crippen molar-refractivity contribution in [2.75, 3.05) is 28.2 Å². The molecular formula is C14H14ClF3N4O3S3. The number of anilines is 2. The van der Waals surface area contributed by atoms with Gasteiger partial charge in [-0.3, -0.25) is 14.4 Å². The van der Waals surface area contributed by atoms with Gasteiger partial charge in [0.1, 0.15) is 6.54 Å². The number of hydrogen-bond donors (Lipinski definition) is 1. The Bertz CT molecular complexity index is 966. The van der Waals surface area contributed by atoms with Gasteiger partial charge < -0.3 is 0 Å². The summed E-state index contributed by atoms with van der Waals surface area (Å²) in [5.41, 5.74) is -1.54. The van der Waals surface area contributed by atoms with Gasteiger partial charge in [0.2, 0.25) is 21.1 Å². The van der Waals surface area contributed by atoms with Crippen LogP contribution in [0, 0.1) is 0 Å². The second-order valence-corrected chi connectivity index (χ2v) is 10.1. The molecule has 0 saturated heterocycles. The summed E-state index contributed by atoms with van der Waals surface area (Å²) >= 11 is 8.07. The molecule has 2 rings (SSSR count). The average Bonchev–Trinajstić information content (AvgIpc) is 2.98. The van der Waals surface area contributed by atoms with Crippen LogP contribution in [0.3, 0.4) is 0 Å². The first-order chi connectivity index (χ1) is 12.9. The van der Waals surface area contributed by atoms with Crippen LogP contribution in [0.4, 0.5) is 24.0 Å². The van der Waals surface area contributed by atoms with Crippen molar-refractivity contribution >= 4 is 61.4 Å². The normalized spacial score (nSPS) is 12.1. The lowest BCUT2D eigenvalue weighted by molar-refractivity contribution is -0.137.